The summed E-state index contributed by atoms with van der Waals surface area (Å²) in [5.74, 6) is -0.647. The third-order valence-corrected chi connectivity index (χ3v) is 3.57. The lowest BCUT2D eigenvalue weighted by molar-refractivity contribution is 0.0692. The van der Waals surface area contributed by atoms with E-state index in [9.17, 15) is 4.79 Å². The number of aromatic carboxylic acids is 1. The van der Waals surface area contributed by atoms with Crippen molar-refractivity contribution in [3.05, 3.63) is 28.2 Å². The largest absolute Gasteiger partial charge is 0.491 e. The number of rotatable bonds is 7. The Morgan fingerprint density at radius 1 is 1.45 bits per heavy atom. The van der Waals surface area contributed by atoms with Crippen LogP contribution >= 0.6 is 15.9 Å². The first-order valence-corrected chi connectivity index (χ1v) is 7.22. The molecule has 1 N–H and O–H groups in total. The van der Waals surface area contributed by atoms with Gasteiger partial charge in [0.15, 0.2) is 0 Å². The van der Waals surface area contributed by atoms with Crippen molar-refractivity contribution in [3.8, 4) is 11.8 Å². The highest BCUT2D eigenvalue weighted by Crippen LogP contribution is 2.29. The van der Waals surface area contributed by atoms with Crippen LogP contribution in [0.15, 0.2) is 22.7 Å². The van der Waals surface area contributed by atoms with E-state index in [2.05, 4.69) is 22.0 Å². The summed E-state index contributed by atoms with van der Waals surface area (Å²) < 4.78 is 6.20. The van der Waals surface area contributed by atoms with E-state index in [1.54, 1.807) is 12.1 Å². The second kappa shape index (κ2) is 7.30. The number of carboxylic acids is 1. The SMILES string of the molecule is CC(C)(C#N)CCCCOc1c(Br)cccc1C(=O)O. The number of hydrogen-bond acceptors (Lipinski definition) is 3. The number of nitriles is 1. The molecule has 0 atom stereocenters. The van der Waals surface area contributed by atoms with Gasteiger partial charge in [0.2, 0.25) is 0 Å². The molecular formula is C15H18BrNO3. The molecule has 0 aromatic heterocycles. The van der Waals surface area contributed by atoms with Crippen LogP contribution < -0.4 is 4.74 Å². The third-order valence-electron chi connectivity index (χ3n) is 2.94. The van der Waals surface area contributed by atoms with Gasteiger partial charge in [-0.3, -0.25) is 0 Å². The second-order valence-electron chi connectivity index (χ2n) is 5.22. The van der Waals surface area contributed by atoms with Crippen LogP contribution in [-0.2, 0) is 0 Å². The summed E-state index contributed by atoms with van der Waals surface area (Å²) in [6, 6.07) is 7.19. The fourth-order valence-electron chi connectivity index (χ4n) is 1.72. The Bertz CT molecular complexity index is 520. The number of carboxylic acid groups (broad SMARTS) is 1. The van der Waals surface area contributed by atoms with Crippen molar-refractivity contribution in [1.82, 2.24) is 0 Å². The van der Waals surface area contributed by atoms with Gasteiger partial charge in [-0.25, -0.2) is 4.79 Å². The van der Waals surface area contributed by atoms with E-state index in [1.165, 1.54) is 6.07 Å². The summed E-state index contributed by atoms with van der Waals surface area (Å²) >= 11 is 3.30. The molecule has 0 bridgehead atoms. The lowest BCUT2D eigenvalue weighted by atomic mass is 9.89. The molecule has 1 aromatic rings. The van der Waals surface area contributed by atoms with Crippen molar-refractivity contribution in [2.75, 3.05) is 6.61 Å². The van der Waals surface area contributed by atoms with Gasteiger partial charge in [0.05, 0.1) is 22.6 Å². The van der Waals surface area contributed by atoms with E-state index < -0.39 is 5.97 Å². The van der Waals surface area contributed by atoms with Gasteiger partial charge in [0, 0.05) is 0 Å². The lowest BCUT2D eigenvalue weighted by Gasteiger charge is -2.15. The summed E-state index contributed by atoms with van der Waals surface area (Å²) in [5.41, 5.74) is -0.170. The average molecular weight is 340 g/mol. The van der Waals surface area contributed by atoms with Gasteiger partial charge in [-0.05, 0) is 61.2 Å². The van der Waals surface area contributed by atoms with Crippen molar-refractivity contribution < 1.29 is 14.6 Å². The Kier molecular flexibility index (Phi) is 6.03. The first kappa shape index (κ1) is 16.5. The third kappa shape index (κ3) is 4.86. The molecule has 0 fully saturated rings. The molecule has 108 valence electrons. The maximum Gasteiger partial charge on any atom is 0.339 e. The Labute approximate surface area is 127 Å². The van der Waals surface area contributed by atoms with Crippen LogP contribution in [0.1, 0.15) is 43.5 Å². The number of para-hydroxylation sites is 1. The van der Waals surface area contributed by atoms with Gasteiger partial charge in [0.1, 0.15) is 11.3 Å². The molecule has 4 nitrogen and oxygen atoms in total. The molecule has 0 saturated heterocycles. The predicted octanol–water partition coefficient (Wildman–Crippen LogP) is 4.25. The van der Waals surface area contributed by atoms with Gasteiger partial charge in [-0.15, -0.1) is 0 Å². The molecule has 20 heavy (non-hydrogen) atoms. The second-order valence-corrected chi connectivity index (χ2v) is 6.08. The molecule has 0 radical (unpaired) electrons. The molecule has 5 heteroatoms. The Morgan fingerprint density at radius 2 is 2.15 bits per heavy atom. The van der Waals surface area contributed by atoms with Gasteiger partial charge in [0.25, 0.3) is 0 Å². The van der Waals surface area contributed by atoms with Gasteiger partial charge >= 0.3 is 5.97 Å². The van der Waals surface area contributed by atoms with Crippen molar-refractivity contribution >= 4 is 21.9 Å². The Morgan fingerprint density at radius 3 is 2.75 bits per heavy atom. The van der Waals surface area contributed by atoms with Crippen LogP contribution in [0.4, 0.5) is 0 Å². The van der Waals surface area contributed by atoms with E-state index in [4.69, 9.17) is 15.1 Å². The van der Waals surface area contributed by atoms with Crippen LogP contribution in [0.25, 0.3) is 0 Å². The highest BCUT2D eigenvalue weighted by atomic mass is 79.9. The van der Waals surface area contributed by atoms with Crippen LogP contribution in [0, 0.1) is 16.7 Å². The normalized spacial score (nSPS) is 10.9. The number of benzene rings is 1. The highest BCUT2D eigenvalue weighted by molar-refractivity contribution is 9.10. The summed E-state index contributed by atoms with van der Waals surface area (Å²) in [6.07, 6.45) is 2.45. The number of unbranched alkanes of at least 4 members (excludes halogenated alkanes) is 1. The molecule has 0 heterocycles. The number of hydrogen-bond donors (Lipinski definition) is 1. The van der Waals surface area contributed by atoms with Gasteiger partial charge in [-0.2, -0.15) is 5.26 Å². The first-order valence-electron chi connectivity index (χ1n) is 6.43. The van der Waals surface area contributed by atoms with Crippen LogP contribution in [0.2, 0.25) is 0 Å². The number of ether oxygens (including phenoxy) is 1. The zero-order chi connectivity index (χ0) is 15.2. The highest BCUT2D eigenvalue weighted by Gasteiger charge is 2.16. The molecule has 0 amide bonds. The van der Waals surface area contributed by atoms with E-state index in [0.29, 0.717) is 16.8 Å². The topological polar surface area (TPSA) is 70.3 Å². The monoisotopic (exact) mass is 339 g/mol. The molecule has 0 saturated carbocycles. The number of nitrogens with zero attached hydrogens (tertiary/aromatic N) is 1. The molecule has 0 spiro atoms. The Hall–Kier alpha value is -1.54. The maximum atomic E-state index is 11.1. The van der Waals surface area contributed by atoms with E-state index >= 15 is 0 Å². The molecule has 0 aliphatic rings. The van der Waals surface area contributed by atoms with E-state index in [1.807, 2.05) is 13.8 Å². The number of halogens is 1. The molecule has 1 rings (SSSR count). The zero-order valence-corrected chi connectivity index (χ0v) is 13.2. The van der Waals surface area contributed by atoms with Crippen molar-refractivity contribution in [3.63, 3.8) is 0 Å². The molecule has 0 unspecified atom stereocenters. The molecular weight excluding hydrogens is 322 g/mol. The van der Waals surface area contributed by atoms with Gasteiger partial charge in [-0.1, -0.05) is 6.07 Å². The lowest BCUT2D eigenvalue weighted by Crippen LogP contribution is -2.09. The summed E-state index contributed by atoms with van der Waals surface area (Å²) in [7, 11) is 0. The van der Waals surface area contributed by atoms with Crippen LogP contribution in [0.5, 0.6) is 5.75 Å². The van der Waals surface area contributed by atoms with Crippen molar-refractivity contribution in [1.29, 1.82) is 5.26 Å². The smallest absolute Gasteiger partial charge is 0.339 e. The fraction of sp³-hybridized carbons (Fsp3) is 0.467. The molecule has 0 aliphatic heterocycles. The average Bonchev–Trinajstić information content (AvgIpc) is 2.39. The summed E-state index contributed by atoms with van der Waals surface area (Å²) in [5, 5.41) is 18.0. The molecule has 0 aliphatic carbocycles. The minimum atomic E-state index is -1.01. The quantitative estimate of drug-likeness (QED) is 0.754. The van der Waals surface area contributed by atoms with Crippen molar-refractivity contribution in [2.45, 2.75) is 33.1 Å². The predicted molar refractivity (Wildman–Crippen MR) is 79.8 cm³/mol. The summed E-state index contributed by atoms with van der Waals surface area (Å²) in [6.45, 7) is 4.25. The van der Waals surface area contributed by atoms with Crippen molar-refractivity contribution in [2.24, 2.45) is 5.41 Å². The first-order chi connectivity index (χ1) is 9.37. The summed E-state index contributed by atoms with van der Waals surface area (Å²) in [4.78, 5) is 11.1. The van der Waals surface area contributed by atoms with E-state index in [0.717, 1.165) is 19.3 Å². The van der Waals surface area contributed by atoms with Crippen LogP contribution in [-0.4, -0.2) is 17.7 Å². The maximum absolute atomic E-state index is 11.1. The fourth-order valence-corrected chi connectivity index (χ4v) is 2.20. The van der Waals surface area contributed by atoms with Gasteiger partial charge < -0.3 is 9.84 Å². The Balaban J connectivity index is 2.51. The van der Waals surface area contributed by atoms with Crippen LogP contribution in [0.3, 0.4) is 0 Å². The minimum Gasteiger partial charge on any atom is -0.491 e. The van der Waals surface area contributed by atoms with E-state index in [-0.39, 0.29) is 11.0 Å². The molecule has 1 aromatic carbocycles. The number of carbonyl (C=O) groups is 1. The minimum absolute atomic E-state index is 0.150. The zero-order valence-electron chi connectivity index (χ0n) is 11.6. The standard InChI is InChI=1S/C15H18BrNO3/c1-15(2,10-17)8-3-4-9-20-13-11(14(18)19)6-5-7-12(13)16/h5-7H,3-4,8-9H2,1-2H3,(H,18,19).